The third-order valence-corrected chi connectivity index (χ3v) is 4.40. The van der Waals surface area contributed by atoms with E-state index in [1.807, 2.05) is 36.1 Å². The van der Waals surface area contributed by atoms with Crippen molar-refractivity contribution in [2.45, 2.75) is 32.6 Å². The summed E-state index contributed by atoms with van der Waals surface area (Å²) in [5, 5.41) is 2.81. The van der Waals surface area contributed by atoms with Crippen LogP contribution >= 0.6 is 0 Å². The molecule has 5 nitrogen and oxygen atoms in total. The van der Waals surface area contributed by atoms with Crippen molar-refractivity contribution in [2.24, 2.45) is 0 Å². The van der Waals surface area contributed by atoms with Crippen LogP contribution in [0.1, 0.15) is 52.2 Å². The van der Waals surface area contributed by atoms with Gasteiger partial charge >= 0.3 is 0 Å². The van der Waals surface area contributed by atoms with Crippen LogP contribution in [-0.4, -0.2) is 34.8 Å². The van der Waals surface area contributed by atoms with Crippen LogP contribution in [-0.2, 0) is 0 Å². The van der Waals surface area contributed by atoms with Gasteiger partial charge in [-0.15, -0.1) is 0 Å². The Hall–Kier alpha value is -2.69. The highest BCUT2D eigenvalue weighted by molar-refractivity contribution is 6.03. The molecule has 25 heavy (non-hydrogen) atoms. The van der Waals surface area contributed by atoms with E-state index in [-0.39, 0.29) is 17.5 Å². The Kier molecular flexibility index (Phi) is 5.43. The lowest BCUT2D eigenvalue weighted by atomic mass is 10.2. The predicted molar refractivity (Wildman–Crippen MR) is 97.7 cm³/mol. The topological polar surface area (TPSA) is 62.3 Å². The van der Waals surface area contributed by atoms with E-state index in [1.54, 1.807) is 18.2 Å². The summed E-state index contributed by atoms with van der Waals surface area (Å²) in [4.78, 5) is 31.2. The minimum atomic E-state index is -0.311. The molecular formula is C20H23N3O2. The lowest BCUT2D eigenvalue weighted by Gasteiger charge is -2.19. The van der Waals surface area contributed by atoms with Gasteiger partial charge in [0.15, 0.2) is 0 Å². The van der Waals surface area contributed by atoms with Crippen molar-refractivity contribution in [2.75, 3.05) is 18.4 Å². The van der Waals surface area contributed by atoms with Gasteiger partial charge in [0.2, 0.25) is 0 Å². The Morgan fingerprint density at radius 2 is 1.56 bits per heavy atom. The molecule has 1 saturated heterocycles. The summed E-state index contributed by atoms with van der Waals surface area (Å²) < 4.78 is 0. The quantitative estimate of drug-likeness (QED) is 0.930. The lowest BCUT2D eigenvalue weighted by Crippen LogP contribution is -2.32. The molecule has 2 amide bonds. The number of nitrogens with one attached hydrogen (secondary N) is 1. The highest BCUT2D eigenvalue weighted by Crippen LogP contribution is 2.14. The van der Waals surface area contributed by atoms with Crippen molar-refractivity contribution in [1.82, 2.24) is 9.88 Å². The Labute approximate surface area is 148 Å². The first kappa shape index (κ1) is 17.1. The molecule has 1 aromatic heterocycles. The van der Waals surface area contributed by atoms with Gasteiger partial charge in [-0.2, -0.15) is 0 Å². The number of benzene rings is 1. The molecule has 130 valence electrons. The van der Waals surface area contributed by atoms with E-state index >= 15 is 0 Å². The Morgan fingerprint density at radius 1 is 0.920 bits per heavy atom. The van der Waals surface area contributed by atoms with Crippen molar-refractivity contribution < 1.29 is 9.59 Å². The maximum Gasteiger partial charge on any atom is 0.274 e. The number of anilines is 1. The molecule has 0 atom stereocenters. The first-order chi connectivity index (χ1) is 12.1. The smallest absolute Gasteiger partial charge is 0.274 e. The van der Waals surface area contributed by atoms with Crippen molar-refractivity contribution in [3.8, 4) is 0 Å². The van der Waals surface area contributed by atoms with Gasteiger partial charge in [0.25, 0.3) is 11.8 Å². The van der Waals surface area contributed by atoms with Gasteiger partial charge in [0.1, 0.15) is 11.4 Å². The molecule has 2 aromatic rings. The van der Waals surface area contributed by atoms with E-state index < -0.39 is 0 Å². The largest absolute Gasteiger partial charge is 0.337 e. The van der Waals surface area contributed by atoms with E-state index in [9.17, 15) is 9.59 Å². The second-order valence-corrected chi connectivity index (χ2v) is 6.43. The molecule has 2 heterocycles. The summed E-state index contributed by atoms with van der Waals surface area (Å²) in [5.41, 5.74) is 2.42. The number of rotatable bonds is 3. The van der Waals surface area contributed by atoms with E-state index in [1.165, 1.54) is 0 Å². The van der Waals surface area contributed by atoms with Crippen LogP contribution < -0.4 is 5.32 Å². The monoisotopic (exact) mass is 337 g/mol. The van der Waals surface area contributed by atoms with E-state index in [4.69, 9.17) is 0 Å². The zero-order valence-electron chi connectivity index (χ0n) is 14.5. The van der Waals surface area contributed by atoms with Crippen LogP contribution in [0.3, 0.4) is 0 Å². The first-order valence-electron chi connectivity index (χ1n) is 8.78. The second kappa shape index (κ2) is 7.92. The number of hydrogen-bond acceptors (Lipinski definition) is 3. The molecule has 3 rings (SSSR count). The van der Waals surface area contributed by atoms with Crippen molar-refractivity contribution in [3.63, 3.8) is 0 Å². The Morgan fingerprint density at radius 3 is 2.24 bits per heavy atom. The molecule has 1 aromatic carbocycles. The summed E-state index contributed by atoms with van der Waals surface area (Å²) in [6.45, 7) is 3.52. The van der Waals surface area contributed by atoms with Crippen LogP contribution in [0.2, 0.25) is 0 Å². The number of pyridine rings is 1. The van der Waals surface area contributed by atoms with Gasteiger partial charge in [0.05, 0.1) is 0 Å². The number of likely N-dealkylation sites (tertiary alicyclic amines) is 1. The summed E-state index contributed by atoms with van der Waals surface area (Å²) in [6.07, 6.45) is 4.38. The second-order valence-electron chi connectivity index (χ2n) is 6.43. The molecule has 1 aliphatic rings. The molecule has 0 aliphatic carbocycles. The molecule has 1 fully saturated rings. The van der Waals surface area contributed by atoms with Gasteiger partial charge in [0, 0.05) is 18.8 Å². The molecule has 1 N–H and O–H groups in total. The summed E-state index contributed by atoms with van der Waals surface area (Å²) >= 11 is 0. The van der Waals surface area contributed by atoms with Crippen LogP contribution in [0.25, 0.3) is 0 Å². The molecule has 0 unspecified atom stereocenters. The maximum atomic E-state index is 12.7. The molecule has 5 heteroatoms. The fourth-order valence-electron chi connectivity index (χ4n) is 2.95. The number of hydrogen-bond donors (Lipinski definition) is 1. The molecule has 1 aliphatic heterocycles. The van der Waals surface area contributed by atoms with Crippen LogP contribution in [0, 0.1) is 6.92 Å². The van der Waals surface area contributed by atoms with Gasteiger partial charge in [-0.1, -0.05) is 36.6 Å². The standard InChI is InChI=1S/C20H23N3O2/c1-15-9-11-16(12-10-15)21-19(24)17-7-6-8-18(22-17)20(25)23-13-4-2-3-5-14-23/h6-12H,2-5,13-14H2,1H3,(H,21,24). The number of aryl methyl sites for hydroxylation is 1. The van der Waals surface area contributed by atoms with Crippen molar-refractivity contribution >= 4 is 17.5 Å². The fraction of sp³-hybridized carbons (Fsp3) is 0.350. The lowest BCUT2D eigenvalue weighted by molar-refractivity contribution is 0.0755. The molecule has 0 bridgehead atoms. The number of carbonyl (C=O) groups is 2. The van der Waals surface area contributed by atoms with Crippen LogP contribution in [0.5, 0.6) is 0 Å². The fourth-order valence-corrected chi connectivity index (χ4v) is 2.95. The van der Waals surface area contributed by atoms with Crippen molar-refractivity contribution in [1.29, 1.82) is 0 Å². The molecular weight excluding hydrogens is 314 g/mol. The highest BCUT2D eigenvalue weighted by Gasteiger charge is 2.19. The van der Waals surface area contributed by atoms with E-state index in [0.717, 1.165) is 44.3 Å². The van der Waals surface area contributed by atoms with Gasteiger partial charge in [-0.3, -0.25) is 9.59 Å². The number of amides is 2. The zero-order chi connectivity index (χ0) is 17.6. The normalized spacial score (nSPS) is 14.7. The summed E-state index contributed by atoms with van der Waals surface area (Å²) in [5.74, 6) is -0.402. The zero-order valence-corrected chi connectivity index (χ0v) is 14.5. The minimum Gasteiger partial charge on any atom is -0.337 e. The van der Waals surface area contributed by atoms with Crippen LogP contribution in [0.4, 0.5) is 5.69 Å². The SMILES string of the molecule is Cc1ccc(NC(=O)c2cccc(C(=O)N3CCCCCC3)n2)cc1. The highest BCUT2D eigenvalue weighted by atomic mass is 16.2. The summed E-state index contributed by atoms with van der Waals surface area (Å²) in [6, 6.07) is 12.6. The van der Waals surface area contributed by atoms with Crippen molar-refractivity contribution in [3.05, 3.63) is 59.4 Å². The predicted octanol–water partition coefficient (Wildman–Crippen LogP) is 3.66. The minimum absolute atomic E-state index is 0.0908. The third-order valence-electron chi connectivity index (χ3n) is 4.40. The average molecular weight is 337 g/mol. The average Bonchev–Trinajstić information content (AvgIpc) is 2.92. The third kappa shape index (κ3) is 4.44. The Bertz CT molecular complexity index is 748. The van der Waals surface area contributed by atoms with Gasteiger partial charge < -0.3 is 10.2 Å². The van der Waals surface area contributed by atoms with Gasteiger partial charge in [-0.05, 0) is 44.0 Å². The Balaban J connectivity index is 1.72. The van der Waals surface area contributed by atoms with Crippen LogP contribution in [0.15, 0.2) is 42.5 Å². The summed E-state index contributed by atoms with van der Waals surface area (Å²) in [7, 11) is 0. The molecule has 0 spiro atoms. The molecule has 0 saturated carbocycles. The first-order valence-corrected chi connectivity index (χ1v) is 8.78. The molecule has 0 radical (unpaired) electrons. The number of aromatic nitrogens is 1. The number of carbonyl (C=O) groups excluding carboxylic acids is 2. The van der Waals surface area contributed by atoms with E-state index in [2.05, 4.69) is 10.3 Å². The maximum absolute atomic E-state index is 12.7. The number of nitrogens with zero attached hydrogens (tertiary/aromatic N) is 2. The van der Waals surface area contributed by atoms with Gasteiger partial charge in [-0.25, -0.2) is 4.98 Å². The van der Waals surface area contributed by atoms with E-state index in [0.29, 0.717) is 11.4 Å².